The zero-order valence-electron chi connectivity index (χ0n) is 28.2. The minimum atomic E-state index is -1.61. The van der Waals surface area contributed by atoms with Crippen LogP contribution in [0.5, 0.6) is 11.5 Å². The molecule has 0 amide bonds. The number of Topliss-reactive ketones (excluding diaryl/α,β-unsaturated/α-hetero) is 3. The van der Waals surface area contributed by atoms with Crippen molar-refractivity contribution in [3.63, 3.8) is 0 Å². The van der Waals surface area contributed by atoms with Crippen LogP contribution in [0.15, 0.2) is 65.5 Å². The van der Waals surface area contributed by atoms with Gasteiger partial charge in [0.15, 0.2) is 28.8 Å². The molecule has 1 aliphatic heterocycles. The van der Waals surface area contributed by atoms with Gasteiger partial charge in [0.05, 0.1) is 11.5 Å². The molecule has 244 valence electrons. The molecule has 1 spiro atoms. The molecule has 5 atom stereocenters. The van der Waals surface area contributed by atoms with Gasteiger partial charge in [-0.1, -0.05) is 43.2 Å². The average Bonchev–Trinajstić information content (AvgIpc) is 2.93. The van der Waals surface area contributed by atoms with Crippen molar-refractivity contribution in [2.75, 3.05) is 0 Å². The first-order valence-corrected chi connectivity index (χ1v) is 15.9. The van der Waals surface area contributed by atoms with E-state index < -0.39 is 51.0 Å². The van der Waals surface area contributed by atoms with Crippen molar-refractivity contribution in [2.45, 2.75) is 106 Å². The molecule has 2 aliphatic carbocycles. The molecule has 45 heavy (non-hydrogen) atoms. The molecule has 1 aromatic carbocycles. The number of aliphatic hydroxyl groups excluding tert-OH is 1. The molecule has 7 heteroatoms. The second-order valence-electron chi connectivity index (χ2n) is 15.2. The lowest BCUT2D eigenvalue weighted by molar-refractivity contribution is -0.190. The predicted octanol–water partition coefficient (Wildman–Crippen LogP) is 7.56. The van der Waals surface area contributed by atoms with Crippen LogP contribution in [-0.4, -0.2) is 44.4 Å². The standard InChI is InChI=1S/C38H50O7/c1-21(2)11-13-25-19-37-20-26(18-28(40)23(5)6)35(7,8)38(34(37)44,16-15-22(3)4)32(43)30(33(37)45-36(25,9)10)31(42)24-12-14-27(39)29(41)17-24/h12,14-15,17,25-26,28,39-41H,1,5,11,13,16,18-20H2,2-4,6-10H3/t25-,26-,28+,37-,38+/m1/s1. The highest BCUT2D eigenvalue weighted by Crippen LogP contribution is 2.69. The van der Waals surface area contributed by atoms with E-state index in [1.54, 1.807) is 6.92 Å². The molecule has 4 rings (SSSR count). The van der Waals surface area contributed by atoms with Crippen molar-refractivity contribution >= 4 is 17.3 Å². The van der Waals surface area contributed by atoms with Crippen LogP contribution in [0.3, 0.4) is 0 Å². The summed E-state index contributed by atoms with van der Waals surface area (Å²) >= 11 is 0. The molecule has 1 saturated carbocycles. The molecule has 1 aromatic rings. The number of ether oxygens (including phenoxy) is 1. The van der Waals surface area contributed by atoms with Gasteiger partial charge in [-0.15, -0.1) is 6.58 Å². The van der Waals surface area contributed by atoms with Crippen molar-refractivity contribution in [3.05, 3.63) is 71.0 Å². The largest absolute Gasteiger partial charge is 0.504 e. The summed E-state index contributed by atoms with van der Waals surface area (Å²) in [6.45, 7) is 23.3. The average molecular weight is 619 g/mol. The molecule has 3 N–H and O–H groups in total. The van der Waals surface area contributed by atoms with Crippen LogP contribution in [0.2, 0.25) is 0 Å². The highest BCUT2D eigenvalue weighted by molar-refractivity contribution is 6.35. The summed E-state index contributed by atoms with van der Waals surface area (Å²) < 4.78 is 6.77. The summed E-state index contributed by atoms with van der Waals surface area (Å²) in [5.41, 5.74) is -2.25. The van der Waals surface area contributed by atoms with E-state index in [-0.39, 0.29) is 40.9 Å². The Morgan fingerprint density at radius 1 is 1.02 bits per heavy atom. The fraction of sp³-hybridized carbons (Fsp3) is 0.553. The molecule has 7 nitrogen and oxygen atoms in total. The predicted molar refractivity (Wildman–Crippen MR) is 175 cm³/mol. The number of hydrogen-bond acceptors (Lipinski definition) is 7. The topological polar surface area (TPSA) is 121 Å². The normalized spacial score (nSPS) is 28.9. The van der Waals surface area contributed by atoms with E-state index in [0.717, 1.165) is 30.1 Å². The number of fused-ring (bicyclic) bond motifs is 1. The second kappa shape index (κ2) is 11.7. The third kappa shape index (κ3) is 5.51. The van der Waals surface area contributed by atoms with E-state index in [4.69, 9.17) is 4.74 Å². The second-order valence-corrected chi connectivity index (χ2v) is 15.2. The van der Waals surface area contributed by atoms with Crippen LogP contribution in [0.25, 0.3) is 0 Å². The number of phenolic OH excluding ortho intramolecular Hbond substituents is 2. The summed E-state index contributed by atoms with van der Waals surface area (Å²) in [4.78, 5) is 45.0. The summed E-state index contributed by atoms with van der Waals surface area (Å²) in [7, 11) is 0. The number of carbonyl (C=O) groups is 3. The maximum Gasteiger partial charge on any atom is 0.200 e. The van der Waals surface area contributed by atoms with Gasteiger partial charge in [-0.2, -0.15) is 0 Å². The van der Waals surface area contributed by atoms with E-state index in [0.29, 0.717) is 24.8 Å². The number of phenols is 2. The molecule has 1 saturated heterocycles. The van der Waals surface area contributed by atoms with Crippen molar-refractivity contribution in [1.29, 1.82) is 0 Å². The van der Waals surface area contributed by atoms with Crippen LogP contribution in [-0.2, 0) is 14.3 Å². The van der Waals surface area contributed by atoms with Crippen LogP contribution < -0.4 is 0 Å². The quantitative estimate of drug-likeness (QED) is 0.0813. The number of ketones is 3. The van der Waals surface area contributed by atoms with E-state index in [9.17, 15) is 20.1 Å². The summed E-state index contributed by atoms with van der Waals surface area (Å²) in [5, 5.41) is 31.3. The van der Waals surface area contributed by atoms with Gasteiger partial charge in [-0.05, 0) is 116 Å². The highest BCUT2D eigenvalue weighted by atomic mass is 16.5. The van der Waals surface area contributed by atoms with Crippen molar-refractivity contribution < 1.29 is 34.4 Å². The van der Waals surface area contributed by atoms with Crippen molar-refractivity contribution in [3.8, 4) is 11.5 Å². The third-order valence-corrected chi connectivity index (χ3v) is 11.0. The van der Waals surface area contributed by atoms with Gasteiger partial charge in [0, 0.05) is 5.56 Å². The third-order valence-electron chi connectivity index (χ3n) is 11.0. The maximum atomic E-state index is 15.3. The maximum absolute atomic E-state index is 15.3. The summed E-state index contributed by atoms with van der Waals surface area (Å²) in [6.07, 6.45) is 3.63. The van der Waals surface area contributed by atoms with Crippen LogP contribution >= 0.6 is 0 Å². The highest BCUT2D eigenvalue weighted by Gasteiger charge is 2.74. The Balaban J connectivity index is 2.08. The van der Waals surface area contributed by atoms with Crippen molar-refractivity contribution in [1.82, 2.24) is 0 Å². The lowest BCUT2D eigenvalue weighted by Gasteiger charge is -2.64. The number of allylic oxidation sites excluding steroid dienone is 5. The fourth-order valence-electron chi connectivity index (χ4n) is 7.94. The lowest BCUT2D eigenvalue weighted by atomic mass is 9.38. The zero-order valence-corrected chi connectivity index (χ0v) is 28.2. The van der Waals surface area contributed by atoms with E-state index in [1.165, 1.54) is 12.1 Å². The number of benzene rings is 1. The number of aromatic hydroxyl groups is 2. The Bertz CT molecular complexity index is 1520. The Labute approximate surface area is 267 Å². The number of hydrogen-bond donors (Lipinski definition) is 3. The minimum absolute atomic E-state index is 0.0129. The molecular formula is C38H50O7. The smallest absolute Gasteiger partial charge is 0.200 e. The Morgan fingerprint density at radius 3 is 2.20 bits per heavy atom. The summed E-state index contributed by atoms with van der Waals surface area (Å²) in [5.74, 6) is -2.62. The molecule has 0 radical (unpaired) electrons. The van der Waals surface area contributed by atoms with E-state index in [1.807, 2.05) is 54.5 Å². The molecule has 0 unspecified atom stereocenters. The first-order chi connectivity index (χ1) is 20.7. The fourth-order valence-corrected chi connectivity index (χ4v) is 7.94. The van der Waals surface area contributed by atoms with Crippen LogP contribution in [0.1, 0.15) is 104 Å². The van der Waals surface area contributed by atoms with E-state index >= 15 is 9.59 Å². The monoisotopic (exact) mass is 618 g/mol. The first kappa shape index (κ1) is 34.4. The molecule has 2 fully saturated rings. The van der Waals surface area contributed by atoms with Gasteiger partial charge >= 0.3 is 0 Å². The molecule has 1 heterocycles. The van der Waals surface area contributed by atoms with Gasteiger partial charge < -0.3 is 20.1 Å². The Morgan fingerprint density at radius 2 is 1.64 bits per heavy atom. The number of aliphatic hydroxyl groups is 1. The summed E-state index contributed by atoms with van der Waals surface area (Å²) in [6, 6.07) is 3.71. The number of rotatable bonds is 10. The SMILES string of the molecule is C=C(C)CC[C@@H]1C[C@@]23C[C@@H](C[C@H](O)C(=C)C)C(C)(C)[C@@](CC=C(C)C)(C(=O)C(C(=O)c4ccc(O)c(O)c4)=C2OC1(C)C)C3=O. The van der Waals surface area contributed by atoms with Crippen molar-refractivity contribution in [2.24, 2.45) is 28.1 Å². The van der Waals surface area contributed by atoms with Gasteiger partial charge in [-0.25, -0.2) is 0 Å². The van der Waals surface area contributed by atoms with Gasteiger partial charge in [0.25, 0.3) is 0 Å². The molecule has 0 aromatic heterocycles. The molecule has 3 aliphatic rings. The van der Waals surface area contributed by atoms with E-state index in [2.05, 4.69) is 13.2 Å². The Kier molecular flexibility index (Phi) is 8.97. The lowest BCUT2D eigenvalue weighted by Crippen LogP contribution is -2.69. The zero-order chi connectivity index (χ0) is 33.9. The first-order valence-electron chi connectivity index (χ1n) is 15.9. The van der Waals surface area contributed by atoms with Crippen LogP contribution in [0.4, 0.5) is 0 Å². The Hall–Kier alpha value is -3.45. The number of carbonyl (C=O) groups excluding carboxylic acids is 3. The molecule has 2 bridgehead atoms. The van der Waals surface area contributed by atoms with Crippen LogP contribution in [0, 0.1) is 28.1 Å². The molecular weight excluding hydrogens is 568 g/mol. The minimum Gasteiger partial charge on any atom is -0.504 e. The van der Waals surface area contributed by atoms with Gasteiger partial charge in [-0.3, -0.25) is 14.4 Å². The van der Waals surface area contributed by atoms with Gasteiger partial charge in [0.2, 0.25) is 0 Å². The van der Waals surface area contributed by atoms with Gasteiger partial charge in [0.1, 0.15) is 22.3 Å².